The Morgan fingerprint density at radius 3 is 2.62 bits per heavy atom. The molecule has 1 aromatic heterocycles. The summed E-state index contributed by atoms with van der Waals surface area (Å²) in [6, 6.07) is 6.92. The van der Waals surface area contributed by atoms with Crippen LogP contribution in [0.5, 0.6) is 0 Å². The highest BCUT2D eigenvalue weighted by atomic mass is 16.5. The van der Waals surface area contributed by atoms with Crippen LogP contribution < -0.4 is 11.0 Å². The number of nitrogens with one attached hydrogen (secondary N) is 1. The first-order valence-corrected chi connectivity index (χ1v) is 7.28. The Balaban J connectivity index is 1.91. The summed E-state index contributed by atoms with van der Waals surface area (Å²) in [5.41, 5.74) is 3.84. The molecule has 0 aliphatic heterocycles. The molecule has 0 unspecified atom stereocenters. The summed E-state index contributed by atoms with van der Waals surface area (Å²) in [5.74, 6) is 0.0513. The van der Waals surface area contributed by atoms with E-state index >= 15 is 0 Å². The highest BCUT2D eigenvalue weighted by Crippen LogP contribution is 2.15. The second-order valence-corrected chi connectivity index (χ2v) is 5.27. The van der Waals surface area contributed by atoms with Crippen LogP contribution in [0.2, 0.25) is 0 Å². The van der Waals surface area contributed by atoms with Gasteiger partial charge in [0.15, 0.2) is 0 Å². The van der Waals surface area contributed by atoms with Crippen molar-refractivity contribution in [2.75, 3.05) is 5.43 Å². The Hall–Kier alpha value is -2.37. The summed E-state index contributed by atoms with van der Waals surface area (Å²) in [6.45, 7) is 0. The molecule has 1 fully saturated rings. The van der Waals surface area contributed by atoms with E-state index in [0.717, 1.165) is 31.4 Å². The molecule has 0 atom stereocenters. The van der Waals surface area contributed by atoms with Crippen LogP contribution in [0.15, 0.2) is 34.2 Å². The highest BCUT2D eigenvalue weighted by molar-refractivity contribution is 5.85. The number of anilines is 1. The molecule has 0 bridgehead atoms. The third-order valence-electron chi connectivity index (χ3n) is 3.75. The minimum absolute atomic E-state index is 0.0513. The molecule has 0 saturated heterocycles. The van der Waals surface area contributed by atoms with E-state index in [2.05, 4.69) is 15.5 Å². The van der Waals surface area contributed by atoms with E-state index < -0.39 is 5.56 Å². The smallest absolute Gasteiger partial charge is 0.295 e. The lowest BCUT2D eigenvalue weighted by Gasteiger charge is -2.08. The molecule has 0 radical (unpaired) electrons. The van der Waals surface area contributed by atoms with Gasteiger partial charge < -0.3 is 5.21 Å². The maximum atomic E-state index is 12.0. The van der Waals surface area contributed by atoms with Gasteiger partial charge in [0.25, 0.3) is 11.5 Å². The number of hydrogen-bond acceptors (Lipinski definition) is 5. The molecule has 1 aliphatic rings. The molecule has 1 heterocycles. The molecular weight excluding hydrogens is 268 g/mol. The molecule has 6 nitrogen and oxygen atoms in total. The van der Waals surface area contributed by atoms with Gasteiger partial charge in [0.2, 0.25) is 0 Å². The summed E-state index contributed by atoms with van der Waals surface area (Å²) >= 11 is 0. The Morgan fingerprint density at radius 1 is 1.14 bits per heavy atom. The van der Waals surface area contributed by atoms with Crippen LogP contribution in [0.1, 0.15) is 38.5 Å². The van der Waals surface area contributed by atoms with E-state index in [0.29, 0.717) is 15.6 Å². The van der Waals surface area contributed by atoms with Crippen LogP contribution >= 0.6 is 0 Å². The highest BCUT2D eigenvalue weighted by Gasteiger charge is 2.10. The first-order chi connectivity index (χ1) is 10.3. The Kier molecular flexibility index (Phi) is 3.85. The summed E-state index contributed by atoms with van der Waals surface area (Å²) in [5, 5.41) is 14.6. The molecule has 21 heavy (non-hydrogen) atoms. The summed E-state index contributed by atoms with van der Waals surface area (Å²) in [4.78, 5) is 16.3. The zero-order valence-corrected chi connectivity index (χ0v) is 11.7. The van der Waals surface area contributed by atoms with Gasteiger partial charge in [0, 0.05) is 5.71 Å². The van der Waals surface area contributed by atoms with Gasteiger partial charge in [-0.2, -0.15) is 5.10 Å². The fraction of sp³-hybridized carbons (Fsp3) is 0.400. The van der Waals surface area contributed by atoms with Gasteiger partial charge in [-0.3, -0.25) is 4.79 Å². The zero-order valence-electron chi connectivity index (χ0n) is 11.7. The van der Waals surface area contributed by atoms with E-state index in [1.165, 1.54) is 12.8 Å². The Labute approximate surface area is 122 Å². The van der Waals surface area contributed by atoms with E-state index in [9.17, 15) is 10.0 Å². The summed E-state index contributed by atoms with van der Waals surface area (Å²) in [6.07, 6.45) is 6.65. The Bertz CT molecular complexity index is 726. The van der Waals surface area contributed by atoms with Crippen LogP contribution in [0, 0.1) is 0 Å². The standard InChI is InChI=1S/C15H18N4O2/c20-14-12-9-5-6-10-13(12)16-15(19(14)21)18-17-11-7-3-1-2-4-8-11/h5-6,9-10,21H,1-4,7-8H2,(H,16,18). The van der Waals surface area contributed by atoms with Crippen LogP contribution in [-0.2, 0) is 0 Å². The van der Waals surface area contributed by atoms with E-state index in [-0.39, 0.29) is 5.95 Å². The van der Waals surface area contributed by atoms with Crippen molar-refractivity contribution in [3.05, 3.63) is 34.6 Å². The van der Waals surface area contributed by atoms with Crippen LogP contribution in [-0.4, -0.2) is 20.6 Å². The van der Waals surface area contributed by atoms with Crippen molar-refractivity contribution in [2.24, 2.45) is 5.10 Å². The van der Waals surface area contributed by atoms with Gasteiger partial charge in [-0.25, -0.2) is 10.4 Å². The molecule has 2 aromatic rings. The molecule has 1 saturated carbocycles. The average Bonchev–Trinajstić information content (AvgIpc) is 2.78. The van der Waals surface area contributed by atoms with E-state index in [4.69, 9.17) is 0 Å². The van der Waals surface area contributed by atoms with Crippen molar-refractivity contribution in [2.45, 2.75) is 38.5 Å². The van der Waals surface area contributed by atoms with Gasteiger partial charge in [-0.15, -0.1) is 4.73 Å². The molecule has 0 spiro atoms. The quantitative estimate of drug-likeness (QED) is 0.505. The van der Waals surface area contributed by atoms with Crippen molar-refractivity contribution in [1.82, 2.24) is 9.71 Å². The van der Waals surface area contributed by atoms with Crippen LogP contribution in [0.4, 0.5) is 5.95 Å². The monoisotopic (exact) mass is 286 g/mol. The number of fused-ring (bicyclic) bond motifs is 1. The number of hydrogen-bond donors (Lipinski definition) is 2. The second kappa shape index (κ2) is 5.95. The zero-order chi connectivity index (χ0) is 14.7. The second-order valence-electron chi connectivity index (χ2n) is 5.27. The number of hydrazone groups is 1. The predicted octanol–water partition coefficient (Wildman–Crippen LogP) is 2.76. The fourth-order valence-corrected chi connectivity index (χ4v) is 2.57. The van der Waals surface area contributed by atoms with Crippen molar-refractivity contribution >= 4 is 22.6 Å². The summed E-state index contributed by atoms with van der Waals surface area (Å²) in [7, 11) is 0. The van der Waals surface area contributed by atoms with Crippen molar-refractivity contribution in [1.29, 1.82) is 0 Å². The lowest BCUT2D eigenvalue weighted by molar-refractivity contribution is 0.179. The third-order valence-corrected chi connectivity index (χ3v) is 3.75. The minimum atomic E-state index is -0.496. The lowest BCUT2D eigenvalue weighted by atomic mass is 10.2. The molecule has 3 rings (SSSR count). The van der Waals surface area contributed by atoms with Gasteiger partial charge in [0.05, 0.1) is 10.9 Å². The number of rotatable bonds is 2. The van der Waals surface area contributed by atoms with Crippen molar-refractivity contribution in [3.63, 3.8) is 0 Å². The number of para-hydroxylation sites is 1. The Morgan fingerprint density at radius 2 is 1.86 bits per heavy atom. The number of benzene rings is 1. The average molecular weight is 286 g/mol. The maximum Gasteiger partial charge on any atom is 0.295 e. The molecule has 1 aromatic carbocycles. The lowest BCUT2D eigenvalue weighted by Crippen LogP contribution is -2.22. The molecule has 110 valence electrons. The SMILES string of the molecule is O=c1c2ccccc2nc(NN=C2CCCCCC2)n1O. The summed E-state index contributed by atoms with van der Waals surface area (Å²) < 4.78 is 0.517. The van der Waals surface area contributed by atoms with Gasteiger partial charge in [0.1, 0.15) is 0 Å². The molecule has 6 heteroatoms. The van der Waals surface area contributed by atoms with Crippen molar-refractivity contribution in [3.8, 4) is 0 Å². The number of aromatic nitrogens is 2. The minimum Gasteiger partial charge on any atom is -0.422 e. The first-order valence-electron chi connectivity index (χ1n) is 7.28. The topological polar surface area (TPSA) is 79.5 Å². The van der Waals surface area contributed by atoms with Crippen LogP contribution in [0.3, 0.4) is 0 Å². The van der Waals surface area contributed by atoms with E-state index in [1.807, 2.05) is 0 Å². The molecular formula is C15H18N4O2. The normalized spacial score (nSPS) is 15.7. The largest absolute Gasteiger partial charge is 0.422 e. The number of nitrogens with zero attached hydrogens (tertiary/aromatic N) is 3. The van der Waals surface area contributed by atoms with Gasteiger partial charge >= 0.3 is 0 Å². The first kappa shape index (κ1) is 13.6. The van der Waals surface area contributed by atoms with Crippen LogP contribution in [0.25, 0.3) is 10.9 Å². The van der Waals surface area contributed by atoms with Gasteiger partial charge in [-0.1, -0.05) is 25.0 Å². The third kappa shape index (κ3) is 2.89. The fourth-order valence-electron chi connectivity index (χ4n) is 2.57. The molecule has 2 N–H and O–H groups in total. The van der Waals surface area contributed by atoms with E-state index in [1.54, 1.807) is 24.3 Å². The molecule has 1 aliphatic carbocycles. The van der Waals surface area contributed by atoms with Gasteiger partial charge in [-0.05, 0) is 37.8 Å². The predicted molar refractivity (Wildman–Crippen MR) is 81.9 cm³/mol. The maximum absolute atomic E-state index is 12.0. The molecule has 0 amide bonds. The van der Waals surface area contributed by atoms with Crippen molar-refractivity contribution < 1.29 is 5.21 Å².